The highest BCUT2D eigenvalue weighted by Gasteiger charge is 2.61. The molecule has 4 fully saturated rings. The monoisotopic (exact) mass is 432 g/mol. The highest BCUT2D eigenvalue weighted by Crippen LogP contribution is 2.67. The third-order valence-electron chi connectivity index (χ3n) is 9.79. The van der Waals surface area contributed by atoms with Gasteiger partial charge in [0.15, 0.2) is 5.78 Å². The van der Waals surface area contributed by atoms with Crippen LogP contribution in [-0.2, 0) is 23.9 Å². The molecule has 0 heterocycles. The van der Waals surface area contributed by atoms with E-state index in [2.05, 4.69) is 13.8 Å². The summed E-state index contributed by atoms with van der Waals surface area (Å²) >= 11 is 0. The quantitative estimate of drug-likeness (QED) is 0.632. The second kappa shape index (κ2) is 8.32. The zero-order chi connectivity index (χ0) is 22.4. The summed E-state index contributed by atoms with van der Waals surface area (Å²) in [5.74, 6) is 1.03. The fourth-order valence-electron chi connectivity index (χ4n) is 8.11. The van der Waals surface area contributed by atoms with E-state index in [9.17, 15) is 19.2 Å². The Morgan fingerprint density at radius 3 is 2.45 bits per heavy atom. The van der Waals surface area contributed by atoms with Gasteiger partial charge in [-0.05, 0) is 79.4 Å². The number of esters is 1. The maximum absolute atomic E-state index is 13.0. The molecule has 6 nitrogen and oxygen atoms in total. The second-order valence-electron chi connectivity index (χ2n) is 11.1. The van der Waals surface area contributed by atoms with Crippen LogP contribution in [0.3, 0.4) is 0 Å². The highest BCUT2D eigenvalue weighted by atomic mass is 16.5. The number of Topliss-reactive ketones (excluding diaryl/α,β-unsaturated/α-hetero) is 2. The fraction of sp³-hybridized carbons (Fsp3) is 0.840. The van der Waals surface area contributed by atoms with Crippen LogP contribution < -0.4 is 0 Å². The van der Waals surface area contributed by atoms with Crippen molar-refractivity contribution >= 4 is 23.5 Å². The summed E-state index contributed by atoms with van der Waals surface area (Å²) in [5.41, 5.74) is 0.222. The molecule has 2 unspecified atom stereocenters. The lowest BCUT2D eigenvalue weighted by molar-refractivity contribution is -0.154. The van der Waals surface area contributed by atoms with E-state index in [0.29, 0.717) is 29.5 Å². The summed E-state index contributed by atoms with van der Waals surface area (Å²) in [7, 11) is 0. The second-order valence-corrected chi connectivity index (χ2v) is 11.1. The van der Waals surface area contributed by atoms with Crippen LogP contribution in [0, 0.1) is 40.4 Å². The van der Waals surface area contributed by atoms with E-state index in [0.717, 1.165) is 51.4 Å². The van der Waals surface area contributed by atoms with E-state index in [1.807, 2.05) is 0 Å². The third kappa shape index (κ3) is 3.95. The van der Waals surface area contributed by atoms with Gasteiger partial charge in [0.1, 0.15) is 12.4 Å². The van der Waals surface area contributed by atoms with Crippen molar-refractivity contribution in [3.63, 3.8) is 0 Å². The predicted octanol–water partition coefficient (Wildman–Crippen LogP) is 4.19. The summed E-state index contributed by atoms with van der Waals surface area (Å²) in [4.78, 5) is 47.4. The van der Waals surface area contributed by atoms with Crippen molar-refractivity contribution in [3.8, 4) is 0 Å². The number of aliphatic carboxylic acids is 1. The standard InChI is InChI=1S/C25H36O6/c1-24-11-9-16(26)13-15(24)3-4-17-18-5-6-20(25(18,2)12-10-19(17)24)21(27)14-31-23(30)8-7-22(28)29/h15,17-20H,3-14H2,1-2H3,(H,28,29)/t15-,17-,18?,19?,20+,24-,25-/m0/s1. The van der Waals surface area contributed by atoms with E-state index in [1.54, 1.807) is 0 Å². The molecule has 1 N–H and O–H groups in total. The minimum atomic E-state index is -1.04. The molecule has 4 saturated carbocycles. The van der Waals surface area contributed by atoms with Crippen molar-refractivity contribution in [2.75, 3.05) is 6.61 Å². The molecule has 0 amide bonds. The Labute approximate surface area is 184 Å². The molecule has 4 rings (SSSR count). The number of ether oxygens (including phenoxy) is 1. The first-order valence-corrected chi connectivity index (χ1v) is 12.1. The molecule has 0 aromatic heterocycles. The molecular formula is C25H36O6. The molecule has 7 atom stereocenters. The average molecular weight is 433 g/mol. The van der Waals surface area contributed by atoms with E-state index in [-0.39, 0.29) is 42.0 Å². The molecule has 4 aliphatic rings. The molecule has 0 aromatic rings. The van der Waals surface area contributed by atoms with Crippen LogP contribution in [0.15, 0.2) is 0 Å². The van der Waals surface area contributed by atoms with Crippen LogP contribution in [0.1, 0.15) is 84.5 Å². The van der Waals surface area contributed by atoms with Gasteiger partial charge in [-0.2, -0.15) is 0 Å². The third-order valence-corrected chi connectivity index (χ3v) is 9.79. The van der Waals surface area contributed by atoms with Crippen molar-refractivity contribution in [1.29, 1.82) is 0 Å². The van der Waals surface area contributed by atoms with E-state index >= 15 is 0 Å². The van der Waals surface area contributed by atoms with Crippen LogP contribution >= 0.6 is 0 Å². The van der Waals surface area contributed by atoms with E-state index in [4.69, 9.17) is 9.84 Å². The maximum atomic E-state index is 13.0. The number of carboxylic acid groups (broad SMARTS) is 1. The van der Waals surface area contributed by atoms with E-state index in [1.165, 1.54) is 6.42 Å². The van der Waals surface area contributed by atoms with Gasteiger partial charge in [-0.1, -0.05) is 13.8 Å². The Hall–Kier alpha value is -1.72. The molecule has 6 heteroatoms. The number of fused-ring (bicyclic) bond motifs is 5. The average Bonchev–Trinajstić information content (AvgIpc) is 3.08. The lowest BCUT2D eigenvalue weighted by Crippen LogP contribution is -2.54. The fourth-order valence-corrected chi connectivity index (χ4v) is 8.11. The number of carboxylic acids is 1. The zero-order valence-electron chi connectivity index (χ0n) is 18.9. The summed E-state index contributed by atoms with van der Waals surface area (Å²) in [6.45, 7) is 4.47. The Bertz CT molecular complexity index is 774. The molecule has 172 valence electrons. The van der Waals surface area contributed by atoms with Crippen molar-refractivity contribution in [3.05, 3.63) is 0 Å². The highest BCUT2D eigenvalue weighted by molar-refractivity contribution is 5.86. The number of ketones is 2. The number of carbonyl (C=O) groups is 4. The predicted molar refractivity (Wildman–Crippen MR) is 113 cm³/mol. The van der Waals surface area contributed by atoms with Crippen LogP contribution in [-0.4, -0.2) is 35.2 Å². The topological polar surface area (TPSA) is 97.7 Å². The minimum Gasteiger partial charge on any atom is -0.481 e. The van der Waals surface area contributed by atoms with Crippen molar-refractivity contribution in [1.82, 2.24) is 0 Å². The van der Waals surface area contributed by atoms with Crippen LogP contribution in [0.2, 0.25) is 0 Å². The minimum absolute atomic E-state index is 0.00437. The molecule has 4 aliphatic carbocycles. The molecule has 0 spiro atoms. The van der Waals surface area contributed by atoms with Gasteiger partial charge in [0.25, 0.3) is 0 Å². The lowest BCUT2D eigenvalue weighted by Gasteiger charge is -2.60. The molecule has 0 aliphatic heterocycles. The van der Waals surface area contributed by atoms with Gasteiger partial charge in [-0.25, -0.2) is 0 Å². The lowest BCUT2D eigenvalue weighted by atomic mass is 9.44. The van der Waals surface area contributed by atoms with Crippen molar-refractivity contribution in [2.45, 2.75) is 84.5 Å². The normalized spacial score (nSPS) is 41.6. The first-order valence-electron chi connectivity index (χ1n) is 12.1. The molecule has 0 radical (unpaired) electrons. The molecule has 31 heavy (non-hydrogen) atoms. The molecule has 0 aromatic carbocycles. The van der Waals surface area contributed by atoms with Gasteiger partial charge >= 0.3 is 11.9 Å². The Balaban J connectivity index is 1.41. The molecule has 0 bridgehead atoms. The van der Waals surface area contributed by atoms with Crippen molar-refractivity contribution < 1.29 is 29.0 Å². The number of hydrogen-bond acceptors (Lipinski definition) is 5. The van der Waals surface area contributed by atoms with Gasteiger partial charge in [0.05, 0.1) is 12.8 Å². The first-order chi connectivity index (χ1) is 14.6. The maximum Gasteiger partial charge on any atom is 0.306 e. The largest absolute Gasteiger partial charge is 0.481 e. The number of carbonyl (C=O) groups excluding carboxylic acids is 3. The summed E-state index contributed by atoms with van der Waals surface area (Å²) in [6.07, 6.45) is 8.41. The number of rotatable bonds is 6. The Kier molecular flexibility index (Phi) is 6.04. The summed E-state index contributed by atoms with van der Waals surface area (Å²) in [5, 5.41) is 8.68. The van der Waals surface area contributed by atoms with Gasteiger partial charge in [-0.15, -0.1) is 0 Å². The van der Waals surface area contributed by atoms with E-state index < -0.39 is 11.9 Å². The van der Waals surface area contributed by atoms with Gasteiger partial charge in [0, 0.05) is 18.8 Å². The van der Waals surface area contributed by atoms with Crippen molar-refractivity contribution in [2.24, 2.45) is 40.4 Å². The Morgan fingerprint density at radius 1 is 0.968 bits per heavy atom. The van der Waals surface area contributed by atoms with Crippen LogP contribution in [0.5, 0.6) is 0 Å². The first kappa shape index (κ1) is 22.5. The molecule has 0 saturated heterocycles. The van der Waals surface area contributed by atoms with Gasteiger partial charge in [0.2, 0.25) is 0 Å². The zero-order valence-corrected chi connectivity index (χ0v) is 18.9. The Morgan fingerprint density at radius 2 is 1.71 bits per heavy atom. The van der Waals surface area contributed by atoms with Gasteiger partial charge in [-0.3, -0.25) is 19.2 Å². The summed E-state index contributed by atoms with van der Waals surface area (Å²) < 4.78 is 5.11. The van der Waals surface area contributed by atoms with Crippen LogP contribution in [0.25, 0.3) is 0 Å². The van der Waals surface area contributed by atoms with Crippen LogP contribution in [0.4, 0.5) is 0 Å². The smallest absolute Gasteiger partial charge is 0.306 e. The summed E-state index contributed by atoms with van der Waals surface area (Å²) in [6, 6.07) is 0. The van der Waals surface area contributed by atoms with Gasteiger partial charge < -0.3 is 9.84 Å². The molecular weight excluding hydrogens is 396 g/mol. The SMILES string of the molecule is C[C@]12CCC3[C@@H](CC[C@H]4CC(=O)CC[C@]34C)C1CC[C@@H]2C(=O)COC(=O)CCC(=O)O. The number of hydrogen-bond donors (Lipinski definition) is 1.